The molecule has 0 aliphatic heterocycles. The van der Waals surface area contributed by atoms with Crippen molar-refractivity contribution in [1.29, 1.82) is 0 Å². The molecule has 1 heterocycles. The number of methoxy groups -OCH3 is 1. The number of halogens is 2. The molecule has 0 saturated heterocycles. The monoisotopic (exact) mass is 413 g/mol. The van der Waals surface area contributed by atoms with E-state index in [2.05, 4.69) is 10.1 Å². The van der Waals surface area contributed by atoms with Gasteiger partial charge in [-0.1, -0.05) is 6.07 Å². The third-order valence-electron chi connectivity index (χ3n) is 3.78. The van der Waals surface area contributed by atoms with Gasteiger partial charge in [0.2, 0.25) is 0 Å². The summed E-state index contributed by atoms with van der Waals surface area (Å²) in [5.41, 5.74) is 1.23. The van der Waals surface area contributed by atoms with Gasteiger partial charge >= 0.3 is 12.6 Å². The molecule has 2 rings (SSSR count). The molecule has 0 atom stereocenters. The Morgan fingerprint density at radius 3 is 2.54 bits per heavy atom. The maximum absolute atomic E-state index is 12.3. The van der Waals surface area contributed by atoms with Crippen LogP contribution in [0.2, 0.25) is 0 Å². The summed E-state index contributed by atoms with van der Waals surface area (Å²) in [6.07, 6.45) is 0.438. The highest BCUT2D eigenvalue weighted by Gasteiger charge is 2.15. The Balaban J connectivity index is 1.79. The van der Waals surface area contributed by atoms with Crippen molar-refractivity contribution in [1.82, 2.24) is 5.32 Å². The van der Waals surface area contributed by atoms with E-state index in [0.717, 1.165) is 15.3 Å². The van der Waals surface area contributed by atoms with Gasteiger partial charge in [0.15, 0.2) is 18.1 Å². The smallest absolute Gasteiger partial charge is 0.387 e. The largest absolute Gasteiger partial charge is 0.493 e. The molecule has 0 bridgehead atoms. The number of carbonyl (C=O) groups excluding carboxylic acids is 2. The fraction of sp³-hybridized carbons (Fsp3) is 0.368. The first-order valence-corrected chi connectivity index (χ1v) is 9.24. The number of ether oxygens (including phenoxy) is 3. The Morgan fingerprint density at radius 1 is 1.18 bits per heavy atom. The first-order chi connectivity index (χ1) is 13.3. The zero-order valence-corrected chi connectivity index (χ0v) is 16.5. The minimum absolute atomic E-state index is 0.0591. The number of esters is 1. The summed E-state index contributed by atoms with van der Waals surface area (Å²) >= 11 is 1.49. The number of benzene rings is 1. The third-order valence-corrected chi connectivity index (χ3v) is 4.74. The molecule has 0 unspecified atom stereocenters. The number of alkyl halides is 2. The van der Waals surface area contributed by atoms with E-state index in [-0.39, 0.29) is 24.7 Å². The van der Waals surface area contributed by atoms with Gasteiger partial charge in [0.05, 0.1) is 12.7 Å². The molecule has 0 radical (unpaired) electrons. The van der Waals surface area contributed by atoms with Gasteiger partial charge in [-0.3, -0.25) is 4.79 Å². The lowest BCUT2D eigenvalue weighted by atomic mass is 10.1. The van der Waals surface area contributed by atoms with Crippen LogP contribution >= 0.6 is 11.3 Å². The van der Waals surface area contributed by atoms with E-state index in [1.54, 1.807) is 18.2 Å². The molecule has 1 amide bonds. The van der Waals surface area contributed by atoms with Crippen LogP contribution in [0, 0.1) is 13.8 Å². The second-order valence-electron chi connectivity index (χ2n) is 5.87. The molecule has 1 aromatic heterocycles. The van der Waals surface area contributed by atoms with Crippen molar-refractivity contribution >= 4 is 23.2 Å². The molecule has 0 spiro atoms. The molecular weight excluding hydrogens is 392 g/mol. The van der Waals surface area contributed by atoms with Crippen molar-refractivity contribution in [3.05, 3.63) is 45.1 Å². The van der Waals surface area contributed by atoms with Crippen molar-refractivity contribution in [2.45, 2.75) is 26.9 Å². The molecule has 152 valence electrons. The van der Waals surface area contributed by atoms with E-state index in [0.29, 0.717) is 12.0 Å². The minimum Gasteiger partial charge on any atom is -0.493 e. The molecule has 28 heavy (non-hydrogen) atoms. The number of amides is 1. The zero-order valence-electron chi connectivity index (χ0n) is 15.7. The van der Waals surface area contributed by atoms with Crippen LogP contribution in [0.4, 0.5) is 8.78 Å². The lowest BCUT2D eigenvalue weighted by Gasteiger charge is -2.12. The second-order valence-corrected chi connectivity index (χ2v) is 7.33. The highest BCUT2D eigenvalue weighted by molar-refractivity contribution is 7.12. The van der Waals surface area contributed by atoms with Gasteiger partial charge in [-0.05, 0) is 44.0 Å². The van der Waals surface area contributed by atoms with Crippen LogP contribution in [-0.4, -0.2) is 38.7 Å². The maximum Gasteiger partial charge on any atom is 0.387 e. The SMILES string of the molecule is COc1cc(CCNC(=O)COC(=O)c2cc(C)sc2C)ccc1OC(F)F. The number of nitrogens with one attached hydrogen (secondary N) is 1. The number of thiophene rings is 1. The molecule has 6 nitrogen and oxygen atoms in total. The van der Waals surface area contributed by atoms with Gasteiger partial charge in [-0.25, -0.2) is 4.79 Å². The van der Waals surface area contributed by atoms with Crippen molar-refractivity contribution in [3.8, 4) is 11.5 Å². The molecule has 1 N–H and O–H groups in total. The Hall–Kier alpha value is -2.68. The van der Waals surface area contributed by atoms with Crippen LogP contribution in [0.25, 0.3) is 0 Å². The predicted molar refractivity (Wildman–Crippen MR) is 100 cm³/mol. The lowest BCUT2D eigenvalue weighted by Crippen LogP contribution is -2.30. The van der Waals surface area contributed by atoms with Gasteiger partial charge in [-0.2, -0.15) is 8.78 Å². The van der Waals surface area contributed by atoms with Gasteiger partial charge in [0.1, 0.15) is 0 Å². The fourth-order valence-corrected chi connectivity index (χ4v) is 3.41. The van der Waals surface area contributed by atoms with Crippen molar-refractivity contribution in [2.24, 2.45) is 0 Å². The van der Waals surface area contributed by atoms with E-state index < -0.39 is 18.5 Å². The minimum atomic E-state index is -2.94. The number of aryl methyl sites for hydroxylation is 2. The zero-order chi connectivity index (χ0) is 20.7. The highest BCUT2D eigenvalue weighted by Crippen LogP contribution is 2.29. The molecule has 0 fully saturated rings. The van der Waals surface area contributed by atoms with Gasteiger partial charge in [-0.15, -0.1) is 11.3 Å². The summed E-state index contributed by atoms with van der Waals surface area (Å²) in [6, 6.07) is 6.28. The summed E-state index contributed by atoms with van der Waals surface area (Å²) in [5.74, 6) is -0.838. The van der Waals surface area contributed by atoms with E-state index in [1.807, 2.05) is 13.8 Å². The van der Waals surface area contributed by atoms with Crippen LogP contribution in [0.15, 0.2) is 24.3 Å². The lowest BCUT2D eigenvalue weighted by molar-refractivity contribution is -0.124. The summed E-state index contributed by atoms with van der Waals surface area (Å²) in [5, 5.41) is 2.64. The average molecular weight is 413 g/mol. The molecule has 2 aromatic rings. The summed E-state index contributed by atoms with van der Waals surface area (Å²) < 4.78 is 39.1. The second kappa shape index (κ2) is 10.0. The van der Waals surface area contributed by atoms with Crippen LogP contribution in [0.5, 0.6) is 11.5 Å². The van der Waals surface area contributed by atoms with Crippen LogP contribution in [-0.2, 0) is 16.0 Å². The molecular formula is C19H21F2NO5S. The molecule has 0 aliphatic rings. The number of rotatable bonds is 9. The van der Waals surface area contributed by atoms with Crippen molar-refractivity contribution in [2.75, 3.05) is 20.3 Å². The summed E-state index contributed by atoms with van der Waals surface area (Å²) in [6.45, 7) is 0.675. The average Bonchev–Trinajstić information content (AvgIpc) is 2.98. The highest BCUT2D eigenvalue weighted by atomic mass is 32.1. The van der Waals surface area contributed by atoms with Gasteiger partial charge < -0.3 is 19.5 Å². The van der Waals surface area contributed by atoms with Crippen LogP contribution in [0.1, 0.15) is 25.7 Å². The predicted octanol–water partition coefficient (Wildman–Crippen LogP) is 3.49. The molecule has 0 saturated carbocycles. The number of carbonyl (C=O) groups is 2. The summed E-state index contributed by atoms with van der Waals surface area (Å²) in [7, 11) is 1.35. The van der Waals surface area contributed by atoms with Crippen molar-refractivity contribution < 1.29 is 32.6 Å². The Kier molecular flexibility index (Phi) is 7.74. The molecule has 9 heteroatoms. The van der Waals surface area contributed by atoms with E-state index in [1.165, 1.54) is 24.5 Å². The Labute approximate surface area is 165 Å². The van der Waals surface area contributed by atoms with Crippen LogP contribution < -0.4 is 14.8 Å². The topological polar surface area (TPSA) is 73.9 Å². The van der Waals surface area contributed by atoms with Crippen LogP contribution in [0.3, 0.4) is 0 Å². The quantitative estimate of drug-likeness (QED) is 0.637. The van der Waals surface area contributed by atoms with Crippen molar-refractivity contribution in [3.63, 3.8) is 0 Å². The Bertz CT molecular complexity index is 838. The number of hydrogen-bond acceptors (Lipinski definition) is 6. The molecule has 1 aromatic carbocycles. The summed E-state index contributed by atoms with van der Waals surface area (Å²) in [4.78, 5) is 25.7. The first kappa shape index (κ1) is 21.6. The van der Waals surface area contributed by atoms with Gasteiger partial charge in [0, 0.05) is 16.3 Å². The Morgan fingerprint density at radius 2 is 1.93 bits per heavy atom. The first-order valence-electron chi connectivity index (χ1n) is 8.42. The standard InChI is InChI=1S/C19H21F2NO5S/c1-11-8-14(12(2)28-11)18(24)26-10-17(23)22-7-6-13-4-5-15(27-19(20)21)16(9-13)25-3/h4-5,8-9,19H,6-7,10H2,1-3H3,(H,22,23). The molecule has 0 aliphatic carbocycles. The maximum atomic E-state index is 12.3. The number of hydrogen-bond donors (Lipinski definition) is 1. The third kappa shape index (κ3) is 6.19. The fourth-order valence-electron chi connectivity index (χ4n) is 2.50. The van der Waals surface area contributed by atoms with Gasteiger partial charge in [0.25, 0.3) is 5.91 Å². The van der Waals surface area contributed by atoms with E-state index in [4.69, 9.17) is 9.47 Å². The van der Waals surface area contributed by atoms with E-state index in [9.17, 15) is 18.4 Å². The van der Waals surface area contributed by atoms with E-state index >= 15 is 0 Å². The normalized spacial score (nSPS) is 10.6.